The molecule has 1 aliphatic carbocycles. The van der Waals surface area contributed by atoms with Crippen LogP contribution in [0.4, 0.5) is 0 Å². The van der Waals surface area contributed by atoms with E-state index >= 15 is 0 Å². The number of ether oxygens (including phenoxy) is 1. The molecule has 6 nitrogen and oxygen atoms in total. The first kappa shape index (κ1) is 18.9. The van der Waals surface area contributed by atoms with Gasteiger partial charge in [0.15, 0.2) is 0 Å². The van der Waals surface area contributed by atoms with Crippen LogP contribution in [0.1, 0.15) is 30.7 Å². The number of aryl methyl sites for hydroxylation is 2. The van der Waals surface area contributed by atoms with Gasteiger partial charge in [-0.1, -0.05) is 0 Å². The van der Waals surface area contributed by atoms with Crippen molar-refractivity contribution >= 4 is 18.3 Å². The van der Waals surface area contributed by atoms with E-state index in [0.717, 1.165) is 24.2 Å². The lowest BCUT2D eigenvalue weighted by atomic mass is 9.83. The molecule has 1 heterocycles. The zero-order valence-electron chi connectivity index (χ0n) is 13.5. The minimum absolute atomic E-state index is 0. The van der Waals surface area contributed by atoms with E-state index in [-0.39, 0.29) is 36.4 Å². The number of nitrogens with two attached hydrogens (primary N) is 1. The van der Waals surface area contributed by atoms with Crippen LogP contribution in [-0.4, -0.2) is 41.5 Å². The fourth-order valence-corrected chi connectivity index (χ4v) is 3.04. The van der Waals surface area contributed by atoms with Crippen molar-refractivity contribution in [1.82, 2.24) is 15.1 Å². The van der Waals surface area contributed by atoms with Crippen LogP contribution >= 0.6 is 12.4 Å². The first-order chi connectivity index (χ1) is 10.0. The Morgan fingerprint density at radius 1 is 1.50 bits per heavy atom. The summed E-state index contributed by atoms with van der Waals surface area (Å²) in [4.78, 5) is 12.2. The second-order valence-corrected chi connectivity index (χ2v) is 5.89. The van der Waals surface area contributed by atoms with Crippen molar-refractivity contribution in [2.24, 2.45) is 11.7 Å². The number of carbonyl (C=O) groups is 1. The molecule has 0 saturated heterocycles. The summed E-state index contributed by atoms with van der Waals surface area (Å²) >= 11 is 0. The number of amides is 1. The quantitative estimate of drug-likeness (QED) is 0.849. The van der Waals surface area contributed by atoms with Crippen molar-refractivity contribution in [3.05, 3.63) is 17.5 Å². The molecule has 126 valence electrons. The van der Waals surface area contributed by atoms with Crippen LogP contribution < -0.4 is 11.1 Å². The molecule has 0 aromatic carbocycles. The molecule has 3 N–H and O–H groups in total. The highest BCUT2D eigenvalue weighted by molar-refractivity contribution is 5.85. The van der Waals surface area contributed by atoms with Gasteiger partial charge in [-0.15, -0.1) is 12.4 Å². The van der Waals surface area contributed by atoms with Gasteiger partial charge >= 0.3 is 0 Å². The maximum atomic E-state index is 12.2. The van der Waals surface area contributed by atoms with Crippen molar-refractivity contribution in [3.8, 4) is 0 Å². The topological polar surface area (TPSA) is 82.2 Å². The van der Waals surface area contributed by atoms with Crippen molar-refractivity contribution < 1.29 is 9.53 Å². The number of rotatable bonds is 5. The summed E-state index contributed by atoms with van der Waals surface area (Å²) in [6, 6.07) is 1.99. The molecule has 0 radical (unpaired) electrons. The maximum Gasteiger partial charge on any atom is 0.223 e. The molecule has 1 aromatic heterocycles. The Kier molecular flexibility index (Phi) is 7.32. The number of halogens is 1. The number of carbonyl (C=O) groups excluding carboxylic acids is 1. The molecule has 1 fully saturated rings. The number of methoxy groups -OCH3 is 1. The van der Waals surface area contributed by atoms with Crippen LogP contribution in [0.2, 0.25) is 0 Å². The number of hydrogen-bond donors (Lipinski definition) is 2. The van der Waals surface area contributed by atoms with Crippen molar-refractivity contribution in [1.29, 1.82) is 0 Å². The summed E-state index contributed by atoms with van der Waals surface area (Å²) in [5.41, 5.74) is 8.16. The minimum atomic E-state index is -0.0458. The Morgan fingerprint density at radius 2 is 2.23 bits per heavy atom. The van der Waals surface area contributed by atoms with Gasteiger partial charge in [0.2, 0.25) is 5.91 Å². The third kappa shape index (κ3) is 4.69. The lowest BCUT2D eigenvalue weighted by Gasteiger charge is -2.32. The van der Waals surface area contributed by atoms with E-state index in [1.165, 1.54) is 0 Å². The number of nitrogens with one attached hydrogen (secondary N) is 1. The van der Waals surface area contributed by atoms with Crippen LogP contribution in [0.5, 0.6) is 0 Å². The summed E-state index contributed by atoms with van der Waals surface area (Å²) in [6.07, 6.45) is 2.49. The molecule has 1 amide bonds. The van der Waals surface area contributed by atoms with Gasteiger partial charge in [0, 0.05) is 31.3 Å². The lowest BCUT2D eigenvalue weighted by molar-refractivity contribution is -0.127. The molecule has 1 aliphatic rings. The predicted octanol–water partition coefficient (Wildman–Crippen LogP) is 1.18. The SMILES string of the molecule is CO[C@@H]1CC[C@H](C(=O)NCCn2nc(C)cc2C)C[C@H]1N.Cl. The average Bonchev–Trinajstić information content (AvgIpc) is 2.76. The Bertz CT molecular complexity index is 492. The standard InChI is InChI=1S/C15H26N4O2.ClH/c1-10-8-11(2)19(18-10)7-6-17-15(20)12-4-5-14(21-3)13(16)9-12;/h8,12-14H,4-7,9,16H2,1-3H3,(H,17,20);1H/t12-,13+,14+;/m0./s1. The van der Waals surface area contributed by atoms with Crippen LogP contribution in [-0.2, 0) is 16.1 Å². The summed E-state index contributed by atoms with van der Waals surface area (Å²) in [5, 5.41) is 7.38. The summed E-state index contributed by atoms with van der Waals surface area (Å²) in [6.45, 7) is 5.29. The highest BCUT2D eigenvalue weighted by Crippen LogP contribution is 2.25. The summed E-state index contributed by atoms with van der Waals surface area (Å²) < 4.78 is 7.24. The molecule has 0 aliphatic heterocycles. The molecular weight excluding hydrogens is 304 g/mol. The van der Waals surface area contributed by atoms with Crippen molar-refractivity contribution in [2.45, 2.75) is 51.8 Å². The molecule has 7 heteroatoms. The smallest absolute Gasteiger partial charge is 0.223 e. The molecule has 0 spiro atoms. The summed E-state index contributed by atoms with van der Waals surface area (Å²) in [7, 11) is 1.68. The van der Waals surface area contributed by atoms with Gasteiger partial charge in [0.25, 0.3) is 0 Å². The molecule has 0 bridgehead atoms. The molecule has 1 saturated carbocycles. The minimum Gasteiger partial charge on any atom is -0.380 e. The van der Waals surface area contributed by atoms with Crippen molar-refractivity contribution in [3.63, 3.8) is 0 Å². The highest BCUT2D eigenvalue weighted by Gasteiger charge is 2.31. The number of hydrogen-bond acceptors (Lipinski definition) is 4. The van der Waals surface area contributed by atoms with Gasteiger partial charge in [0.05, 0.1) is 18.3 Å². The average molecular weight is 331 g/mol. The Morgan fingerprint density at radius 3 is 2.77 bits per heavy atom. The molecule has 2 rings (SSSR count). The molecule has 1 aromatic rings. The normalized spacial score (nSPS) is 24.6. The van der Waals surface area contributed by atoms with Crippen LogP contribution in [0.3, 0.4) is 0 Å². The third-order valence-electron chi connectivity index (χ3n) is 4.23. The Hall–Kier alpha value is -1.11. The highest BCUT2D eigenvalue weighted by atomic mass is 35.5. The van der Waals surface area contributed by atoms with E-state index in [1.807, 2.05) is 24.6 Å². The number of aromatic nitrogens is 2. The first-order valence-corrected chi connectivity index (χ1v) is 7.58. The van der Waals surface area contributed by atoms with E-state index in [1.54, 1.807) is 7.11 Å². The molecular formula is C15H27ClN4O2. The Labute approximate surface area is 138 Å². The van der Waals surface area contributed by atoms with E-state index < -0.39 is 0 Å². The zero-order valence-corrected chi connectivity index (χ0v) is 14.4. The maximum absolute atomic E-state index is 12.2. The van der Waals surface area contributed by atoms with Gasteiger partial charge in [-0.25, -0.2) is 0 Å². The van der Waals surface area contributed by atoms with Gasteiger partial charge < -0.3 is 15.8 Å². The van der Waals surface area contributed by atoms with Gasteiger partial charge in [-0.2, -0.15) is 5.10 Å². The fraction of sp³-hybridized carbons (Fsp3) is 0.733. The van der Waals surface area contributed by atoms with Crippen LogP contribution in [0.15, 0.2) is 6.07 Å². The molecule has 3 atom stereocenters. The first-order valence-electron chi connectivity index (χ1n) is 7.58. The van der Waals surface area contributed by atoms with E-state index in [0.29, 0.717) is 19.5 Å². The second-order valence-electron chi connectivity index (χ2n) is 5.89. The summed E-state index contributed by atoms with van der Waals surface area (Å²) in [5.74, 6) is 0.105. The van der Waals surface area contributed by atoms with E-state index in [2.05, 4.69) is 10.4 Å². The van der Waals surface area contributed by atoms with Gasteiger partial charge in [0.1, 0.15) is 0 Å². The van der Waals surface area contributed by atoms with E-state index in [4.69, 9.17) is 10.5 Å². The molecule has 22 heavy (non-hydrogen) atoms. The van der Waals surface area contributed by atoms with Crippen LogP contribution in [0.25, 0.3) is 0 Å². The second kappa shape index (κ2) is 8.50. The van der Waals surface area contributed by atoms with Gasteiger partial charge in [-0.3, -0.25) is 9.48 Å². The van der Waals surface area contributed by atoms with Crippen LogP contribution in [0, 0.1) is 19.8 Å². The zero-order chi connectivity index (χ0) is 15.4. The third-order valence-corrected chi connectivity index (χ3v) is 4.23. The van der Waals surface area contributed by atoms with Crippen molar-refractivity contribution in [2.75, 3.05) is 13.7 Å². The largest absolute Gasteiger partial charge is 0.380 e. The number of nitrogens with zero attached hydrogens (tertiary/aromatic N) is 2. The van der Waals surface area contributed by atoms with E-state index in [9.17, 15) is 4.79 Å². The Balaban J connectivity index is 0.00000242. The fourth-order valence-electron chi connectivity index (χ4n) is 3.04. The lowest BCUT2D eigenvalue weighted by Crippen LogP contribution is -2.46. The molecule has 0 unspecified atom stereocenters. The monoisotopic (exact) mass is 330 g/mol. The predicted molar refractivity (Wildman–Crippen MR) is 88.1 cm³/mol. The van der Waals surface area contributed by atoms with Gasteiger partial charge in [-0.05, 0) is 39.2 Å².